The highest BCUT2D eigenvalue weighted by molar-refractivity contribution is 5.67. The van der Waals surface area contributed by atoms with E-state index in [0.29, 0.717) is 11.7 Å². The fourth-order valence-electron chi connectivity index (χ4n) is 1.80. The predicted molar refractivity (Wildman–Crippen MR) is 80.8 cm³/mol. The first kappa shape index (κ1) is 13.9. The summed E-state index contributed by atoms with van der Waals surface area (Å²) in [5, 5.41) is 3.78. The normalized spacial score (nSPS) is 11.0. The lowest BCUT2D eigenvalue weighted by molar-refractivity contribution is 0.285. The summed E-state index contributed by atoms with van der Waals surface area (Å²) in [7, 11) is 0. The molecule has 0 aliphatic heterocycles. The van der Waals surface area contributed by atoms with Crippen molar-refractivity contribution in [1.29, 1.82) is 0 Å². The van der Waals surface area contributed by atoms with E-state index >= 15 is 0 Å². The highest BCUT2D eigenvalue weighted by atomic mass is 16.5. The van der Waals surface area contributed by atoms with Crippen molar-refractivity contribution in [2.45, 2.75) is 13.5 Å². The van der Waals surface area contributed by atoms with Gasteiger partial charge in [0.05, 0.1) is 5.69 Å². The molecule has 3 aromatic rings. The van der Waals surface area contributed by atoms with Crippen molar-refractivity contribution < 1.29 is 9.26 Å². The Morgan fingerprint density at radius 3 is 2.68 bits per heavy atom. The van der Waals surface area contributed by atoms with Gasteiger partial charge in [-0.1, -0.05) is 23.4 Å². The summed E-state index contributed by atoms with van der Waals surface area (Å²) in [6, 6.07) is 9.57. The smallest absolute Gasteiger partial charge is 0.223 e. The van der Waals surface area contributed by atoms with Crippen molar-refractivity contribution in [3.05, 3.63) is 65.8 Å². The number of ether oxygens (including phenoxy) is 1. The summed E-state index contributed by atoms with van der Waals surface area (Å²) < 4.78 is 10.5. The van der Waals surface area contributed by atoms with Gasteiger partial charge in [-0.15, -0.1) is 0 Å². The van der Waals surface area contributed by atoms with Crippen LogP contribution >= 0.6 is 0 Å². The van der Waals surface area contributed by atoms with E-state index < -0.39 is 0 Å². The number of nitrogens with zero attached hydrogens (tertiary/aromatic N) is 4. The molecule has 0 fully saturated rings. The molecule has 0 saturated carbocycles. The van der Waals surface area contributed by atoms with Crippen molar-refractivity contribution in [1.82, 2.24) is 20.1 Å². The summed E-state index contributed by atoms with van der Waals surface area (Å²) in [6.07, 6.45) is 7.15. The Morgan fingerprint density at radius 1 is 1.14 bits per heavy atom. The summed E-state index contributed by atoms with van der Waals surface area (Å²) in [6.45, 7) is 2.03. The Labute approximate surface area is 127 Å². The molecule has 6 heteroatoms. The quantitative estimate of drug-likeness (QED) is 0.720. The van der Waals surface area contributed by atoms with E-state index in [9.17, 15) is 0 Å². The summed E-state index contributed by atoms with van der Waals surface area (Å²) >= 11 is 0. The van der Waals surface area contributed by atoms with Crippen LogP contribution in [0.4, 0.5) is 0 Å². The highest BCUT2D eigenvalue weighted by Gasteiger charge is 2.02. The molecule has 0 N–H and O–H groups in total. The Morgan fingerprint density at radius 2 is 2.00 bits per heavy atom. The molecule has 0 bridgehead atoms. The number of aryl methyl sites for hydroxylation is 1. The zero-order chi connectivity index (χ0) is 15.2. The van der Waals surface area contributed by atoms with Crippen molar-refractivity contribution in [3.63, 3.8) is 0 Å². The average molecular weight is 294 g/mol. The Hall–Kier alpha value is -3.02. The standard InChI is InChI=1S/C16H14N4O2/c1-12-19-16(20-22-12)10-21-15-6-3-13(4-7-15)2-5-14-8-9-17-11-18-14/h2-9,11H,10H2,1H3/b5-2+. The van der Waals surface area contributed by atoms with E-state index in [1.54, 1.807) is 13.1 Å². The topological polar surface area (TPSA) is 73.9 Å². The molecule has 0 saturated heterocycles. The zero-order valence-electron chi connectivity index (χ0n) is 12.0. The van der Waals surface area contributed by atoms with Crippen LogP contribution in [0.3, 0.4) is 0 Å². The lowest BCUT2D eigenvalue weighted by Gasteiger charge is -2.03. The van der Waals surface area contributed by atoms with Gasteiger partial charge in [0.15, 0.2) is 6.61 Å². The van der Waals surface area contributed by atoms with Crippen LogP contribution < -0.4 is 4.74 Å². The molecule has 1 aromatic carbocycles. The van der Waals surface area contributed by atoms with Gasteiger partial charge in [-0.05, 0) is 29.8 Å². The third-order valence-electron chi connectivity index (χ3n) is 2.87. The second kappa shape index (κ2) is 6.62. The maximum atomic E-state index is 5.59. The molecular formula is C16H14N4O2. The third-order valence-corrected chi connectivity index (χ3v) is 2.87. The predicted octanol–water partition coefficient (Wildman–Crippen LogP) is 2.92. The largest absolute Gasteiger partial charge is 0.485 e. The molecule has 0 spiro atoms. The summed E-state index contributed by atoms with van der Waals surface area (Å²) in [5.41, 5.74) is 1.92. The SMILES string of the molecule is Cc1nc(COc2ccc(/C=C/c3ccncn3)cc2)no1. The van der Waals surface area contributed by atoms with Crippen LogP contribution in [0.1, 0.15) is 23.0 Å². The molecule has 0 unspecified atom stereocenters. The molecule has 0 aliphatic rings. The minimum atomic E-state index is 0.285. The zero-order valence-corrected chi connectivity index (χ0v) is 12.0. The lowest BCUT2D eigenvalue weighted by atomic mass is 10.2. The number of aromatic nitrogens is 4. The van der Waals surface area contributed by atoms with Crippen LogP contribution in [0.2, 0.25) is 0 Å². The molecule has 2 heterocycles. The van der Waals surface area contributed by atoms with Crippen LogP contribution in [-0.2, 0) is 6.61 Å². The Balaban J connectivity index is 1.59. The van der Waals surface area contributed by atoms with Gasteiger partial charge in [-0.3, -0.25) is 0 Å². The lowest BCUT2D eigenvalue weighted by Crippen LogP contribution is -1.97. The van der Waals surface area contributed by atoms with Crippen LogP contribution in [0.25, 0.3) is 12.2 Å². The molecule has 22 heavy (non-hydrogen) atoms. The van der Waals surface area contributed by atoms with E-state index in [4.69, 9.17) is 9.26 Å². The number of hydrogen-bond acceptors (Lipinski definition) is 6. The van der Waals surface area contributed by atoms with Gasteiger partial charge < -0.3 is 9.26 Å². The van der Waals surface area contributed by atoms with Gasteiger partial charge in [0, 0.05) is 13.1 Å². The second-order valence-electron chi connectivity index (χ2n) is 4.55. The average Bonchev–Trinajstić information content (AvgIpc) is 2.98. The monoisotopic (exact) mass is 294 g/mol. The minimum Gasteiger partial charge on any atom is -0.485 e. The number of benzene rings is 1. The van der Waals surface area contributed by atoms with Crippen LogP contribution in [0.15, 0.2) is 47.4 Å². The van der Waals surface area contributed by atoms with Crippen molar-refractivity contribution in [2.24, 2.45) is 0 Å². The first-order chi connectivity index (χ1) is 10.8. The second-order valence-corrected chi connectivity index (χ2v) is 4.55. The third kappa shape index (κ3) is 3.76. The van der Waals surface area contributed by atoms with Gasteiger partial charge in [-0.2, -0.15) is 4.98 Å². The molecule has 6 nitrogen and oxygen atoms in total. The molecule has 0 aliphatic carbocycles. The first-order valence-corrected chi connectivity index (χ1v) is 6.76. The fourth-order valence-corrected chi connectivity index (χ4v) is 1.80. The maximum Gasteiger partial charge on any atom is 0.223 e. The summed E-state index contributed by atoms with van der Waals surface area (Å²) in [5.74, 6) is 1.82. The number of hydrogen-bond donors (Lipinski definition) is 0. The molecule has 2 aromatic heterocycles. The van der Waals surface area contributed by atoms with E-state index in [1.165, 1.54) is 6.33 Å². The first-order valence-electron chi connectivity index (χ1n) is 6.76. The summed E-state index contributed by atoms with van der Waals surface area (Å²) in [4.78, 5) is 12.1. The Bertz CT molecular complexity index is 751. The van der Waals surface area contributed by atoms with E-state index in [-0.39, 0.29) is 6.61 Å². The van der Waals surface area contributed by atoms with Gasteiger partial charge >= 0.3 is 0 Å². The molecule has 0 atom stereocenters. The van der Waals surface area contributed by atoms with E-state index in [0.717, 1.165) is 17.0 Å². The van der Waals surface area contributed by atoms with Crippen LogP contribution in [-0.4, -0.2) is 20.1 Å². The molecular weight excluding hydrogens is 280 g/mol. The fraction of sp³-hybridized carbons (Fsp3) is 0.125. The van der Waals surface area contributed by atoms with Crippen molar-refractivity contribution in [2.75, 3.05) is 0 Å². The van der Waals surface area contributed by atoms with Crippen molar-refractivity contribution in [3.8, 4) is 5.75 Å². The molecule has 0 amide bonds. The molecule has 110 valence electrons. The Kier molecular flexibility index (Phi) is 4.20. The van der Waals surface area contributed by atoms with Gasteiger partial charge in [0.2, 0.25) is 11.7 Å². The van der Waals surface area contributed by atoms with Gasteiger partial charge in [0.25, 0.3) is 0 Å². The number of rotatable bonds is 5. The van der Waals surface area contributed by atoms with Crippen LogP contribution in [0.5, 0.6) is 5.75 Å². The van der Waals surface area contributed by atoms with Gasteiger partial charge in [-0.25, -0.2) is 9.97 Å². The highest BCUT2D eigenvalue weighted by Crippen LogP contribution is 2.15. The molecule has 0 radical (unpaired) electrons. The van der Waals surface area contributed by atoms with Crippen LogP contribution in [0, 0.1) is 6.92 Å². The maximum absolute atomic E-state index is 5.59. The molecule has 3 rings (SSSR count). The van der Waals surface area contributed by atoms with E-state index in [1.807, 2.05) is 42.5 Å². The van der Waals surface area contributed by atoms with E-state index in [2.05, 4.69) is 20.1 Å². The van der Waals surface area contributed by atoms with Crippen molar-refractivity contribution >= 4 is 12.2 Å². The minimum absolute atomic E-state index is 0.285. The van der Waals surface area contributed by atoms with Gasteiger partial charge in [0.1, 0.15) is 12.1 Å².